The molecule has 0 saturated heterocycles. The average molecular weight is 324 g/mol. The Hall–Kier alpha value is -0.570. The van der Waals surface area contributed by atoms with Gasteiger partial charge in [0.25, 0.3) is 0 Å². The largest absolute Gasteiger partial charge is 0.372 e. The first-order valence-electron chi connectivity index (χ1n) is 9.73. The predicted octanol–water partition coefficient (Wildman–Crippen LogP) is 4.55. The summed E-state index contributed by atoms with van der Waals surface area (Å²) < 4.78 is 6.57. The van der Waals surface area contributed by atoms with Crippen LogP contribution in [0, 0.1) is 23.7 Å². The summed E-state index contributed by atoms with van der Waals surface area (Å²) in [5.74, 6) is 2.72. The third-order valence-electron chi connectivity index (χ3n) is 6.46. The molecule has 2 rings (SSSR count). The number of amides is 1. The first-order valence-corrected chi connectivity index (χ1v) is 9.73. The third kappa shape index (κ3) is 4.95. The first-order chi connectivity index (χ1) is 10.8. The molecule has 3 nitrogen and oxygen atoms in total. The summed E-state index contributed by atoms with van der Waals surface area (Å²) in [5.41, 5.74) is -0.0526. The maximum Gasteiger partial charge on any atom is 0.222 e. The lowest BCUT2D eigenvalue weighted by Crippen LogP contribution is -2.42. The highest BCUT2D eigenvalue weighted by Crippen LogP contribution is 2.40. The molecule has 0 spiro atoms. The van der Waals surface area contributed by atoms with E-state index in [0.29, 0.717) is 12.0 Å². The van der Waals surface area contributed by atoms with Crippen molar-refractivity contribution < 1.29 is 9.53 Å². The number of ether oxygens (including phenoxy) is 1. The fraction of sp³-hybridized carbons (Fsp3) is 0.950. The van der Waals surface area contributed by atoms with Crippen LogP contribution in [0.15, 0.2) is 0 Å². The molecular formula is C20H37NO2. The van der Waals surface area contributed by atoms with E-state index < -0.39 is 0 Å². The molecule has 134 valence electrons. The van der Waals surface area contributed by atoms with Crippen molar-refractivity contribution in [3.8, 4) is 0 Å². The van der Waals surface area contributed by atoms with E-state index in [1.165, 1.54) is 25.7 Å². The molecule has 0 heterocycles. The summed E-state index contributed by atoms with van der Waals surface area (Å²) in [7, 11) is 1.75. The first kappa shape index (κ1) is 18.8. The summed E-state index contributed by atoms with van der Waals surface area (Å²) in [4.78, 5) is 11.8. The van der Waals surface area contributed by atoms with Crippen LogP contribution in [-0.4, -0.2) is 24.7 Å². The van der Waals surface area contributed by atoms with Crippen LogP contribution in [0.2, 0.25) is 0 Å². The van der Waals surface area contributed by atoms with Gasteiger partial charge >= 0.3 is 0 Å². The van der Waals surface area contributed by atoms with Crippen LogP contribution in [0.25, 0.3) is 0 Å². The van der Waals surface area contributed by atoms with Gasteiger partial charge in [-0.15, -0.1) is 0 Å². The highest BCUT2D eigenvalue weighted by atomic mass is 16.5. The summed E-state index contributed by atoms with van der Waals surface area (Å²) >= 11 is 0. The second-order valence-corrected chi connectivity index (χ2v) is 8.66. The van der Waals surface area contributed by atoms with E-state index in [2.05, 4.69) is 33.0 Å². The monoisotopic (exact) mass is 323 g/mol. The Morgan fingerprint density at radius 3 is 2.04 bits per heavy atom. The zero-order valence-electron chi connectivity index (χ0n) is 15.9. The minimum atomic E-state index is -0.0526. The molecule has 23 heavy (non-hydrogen) atoms. The molecule has 1 amide bonds. The highest BCUT2D eigenvalue weighted by Gasteiger charge is 2.38. The van der Waals surface area contributed by atoms with E-state index in [-0.39, 0.29) is 17.4 Å². The summed E-state index contributed by atoms with van der Waals surface area (Å²) in [6.07, 6.45) is 9.79. The Labute approximate surface area is 142 Å². The van der Waals surface area contributed by atoms with Gasteiger partial charge in [0.05, 0.1) is 11.7 Å². The molecule has 3 heteroatoms. The molecule has 2 fully saturated rings. The molecule has 0 radical (unpaired) electrons. The predicted molar refractivity (Wildman–Crippen MR) is 95.3 cm³/mol. The molecule has 0 aromatic heterocycles. The Bertz CT molecular complexity index is 375. The van der Waals surface area contributed by atoms with Crippen molar-refractivity contribution in [1.29, 1.82) is 0 Å². The lowest BCUT2D eigenvalue weighted by molar-refractivity contribution is -0.136. The van der Waals surface area contributed by atoms with Gasteiger partial charge < -0.3 is 10.1 Å². The zero-order valence-corrected chi connectivity index (χ0v) is 15.9. The van der Waals surface area contributed by atoms with E-state index in [1.807, 2.05) is 0 Å². The van der Waals surface area contributed by atoms with Crippen molar-refractivity contribution in [2.45, 2.75) is 90.8 Å². The lowest BCUT2D eigenvalue weighted by Gasteiger charge is -2.42. The highest BCUT2D eigenvalue weighted by molar-refractivity contribution is 5.78. The van der Waals surface area contributed by atoms with Crippen molar-refractivity contribution in [3.05, 3.63) is 0 Å². The van der Waals surface area contributed by atoms with Gasteiger partial charge in [-0.2, -0.15) is 0 Å². The van der Waals surface area contributed by atoms with Crippen LogP contribution < -0.4 is 5.32 Å². The molecule has 0 aromatic rings. The Kier molecular flexibility index (Phi) is 6.53. The SMILES string of the molecule is CNC(=O)C1CCC(C(C)(C)OC2CCC(C(C)C)CC2)CC1. The lowest BCUT2D eigenvalue weighted by atomic mass is 9.74. The third-order valence-corrected chi connectivity index (χ3v) is 6.46. The van der Waals surface area contributed by atoms with Gasteiger partial charge in [-0.3, -0.25) is 4.79 Å². The summed E-state index contributed by atoms with van der Waals surface area (Å²) in [6, 6.07) is 0. The standard InChI is InChI=1S/C20H37NO2/c1-14(2)15-8-12-18(13-9-15)23-20(3,4)17-10-6-16(7-11-17)19(22)21-5/h14-18H,6-13H2,1-5H3,(H,21,22). The minimum Gasteiger partial charge on any atom is -0.372 e. The van der Waals surface area contributed by atoms with Gasteiger partial charge in [0.2, 0.25) is 5.91 Å². The molecule has 2 aliphatic rings. The molecule has 0 aromatic carbocycles. The van der Waals surface area contributed by atoms with E-state index >= 15 is 0 Å². The second-order valence-electron chi connectivity index (χ2n) is 8.66. The molecular weight excluding hydrogens is 286 g/mol. The van der Waals surface area contributed by atoms with Gasteiger partial charge in [-0.05, 0) is 83.0 Å². The van der Waals surface area contributed by atoms with Crippen molar-refractivity contribution in [2.75, 3.05) is 7.05 Å². The van der Waals surface area contributed by atoms with Gasteiger partial charge in [0.1, 0.15) is 0 Å². The number of carbonyl (C=O) groups is 1. The number of hydrogen-bond donors (Lipinski definition) is 1. The van der Waals surface area contributed by atoms with Gasteiger partial charge in [0, 0.05) is 13.0 Å². The molecule has 0 unspecified atom stereocenters. The maximum absolute atomic E-state index is 11.8. The summed E-state index contributed by atoms with van der Waals surface area (Å²) in [6.45, 7) is 9.24. The smallest absolute Gasteiger partial charge is 0.222 e. The van der Waals surface area contributed by atoms with Crippen molar-refractivity contribution in [3.63, 3.8) is 0 Å². The van der Waals surface area contributed by atoms with Crippen LogP contribution in [0.4, 0.5) is 0 Å². The number of nitrogens with one attached hydrogen (secondary N) is 1. The van der Waals surface area contributed by atoms with Crippen LogP contribution >= 0.6 is 0 Å². The maximum atomic E-state index is 11.8. The van der Waals surface area contributed by atoms with Crippen LogP contribution in [0.1, 0.15) is 79.1 Å². The molecule has 0 aliphatic heterocycles. The second kappa shape index (κ2) is 8.00. The quantitative estimate of drug-likeness (QED) is 0.806. The van der Waals surface area contributed by atoms with E-state index in [0.717, 1.165) is 37.5 Å². The molecule has 2 saturated carbocycles. The number of rotatable bonds is 5. The normalized spacial score (nSPS) is 32.8. The molecule has 2 aliphatic carbocycles. The number of carbonyl (C=O) groups excluding carboxylic acids is 1. The topological polar surface area (TPSA) is 38.3 Å². The van der Waals surface area contributed by atoms with E-state index in [1.54, 1.807) is 7.05 Å². The molecule has 0 atom stereocenters. The van der Waals surface area contributed by atoms with Crippen LogP contribution in [-0.2, 0) is 9.53 Å². The van der Waals surface area contributed by atoms with Gasteiger partial charge in [0.15, 0.2) is 0 Å². The zero-order chi connectivity index (χ0) is 17.0. The summed E-state index contributed by atoms with van der Waals surface area (Å²) in [5, 5.41) is 2.80. The van der Waals surface area contributed by atoms with Gasteiger partial charge in [-0.1, -0.05) is 13.8 Å². The fourth-order valence-electron chi connectivity index (χ4n) is 4.65. The fourth-order valence-corrected chi connectivity index (χ4v) is 4.65. The van der Waals surface area contributed by atoms with E-state index in [4.69, 9.17) is 4.74 Å². The number of hydrogen-bond acceptors (Lipinski definition) is 2. The Morgan fingerprint density at radius 1 is 1.00 bits per heavy atom. The molecule has 1 N–H and O–H groups in total. The van der Waals surface area contributed by atoms with E-state index in [9.17, 15) is 4.79 Å². The minimum absolute atomic E-state index is 0.0526. The Morgan fingerprint density at radius 2 is 1.57 bits per heavy atom. The average Bonchev–Trinajstić information content (AvgIpc) is 2.54. The van der Waals surface area contributed by atoms with Gasteiger partial charge in [-0.25, -0.2) is 0 Å². The van der Waals surface area contributed by atoms with Crippen molar-refractivity contribution >= 4 is 5.91 Å². The Balaban J connectivity index is 1.80. The van der Waals surface area contributed by atoms with Crippen molar-refractivity contribution in [1.82, 2.24) is 5.32 Å². The van der Waals surface area contributed by atoms with Crippen LogP contribution in [0.5, 0.6) is 0 Å². The van der Waals surface area contributed by atoms with Crippen molar-refractivity contribution in [2.24, 2.45) is 23.7 Å². The molecule has 0 bridgehead atoms. The van der Waals surface area contributed by atoms with Crippen LogP contribution in [0.3, 0.4) is 0 Å².